The van der Waals surface area contributed by atoms with Crippen LogP contribution in [0.15, 0.2) is 41.3 Å². The number of sulfonamides is 1. The number of nitrogens with one attached hydrogen (secondary N) is 1. The number of piperidine rings is 1. The largest absolute Gasteiger partial charge is 0.378 e. The summed E-state index contributed by atoms with van der Waals surface area (Å²) >= 11 is 0. The molecule has 8 nitrogen and oxygen atoms in total. The number of hydrogen-bond acceptors (Lipinski definition) is 6. The van der Waals surface area contributed by atoms with E-state index in [4.69, 9.17) is 4.74 Å². The second-order valence-electron chi connectivity index (χ2n) is 10.7. The summed E-state index contributed by atoms with van der Waals surface area (Å²) in [5, 5.41) is 2.98. The molecule has 3 aliphatic rings. The van der Waals surface area contributed by atoms with Gasteiger partial charge in [0, 0.05) is 38.8 Å². The maximum Gasteiger partial charge on any atom is 0.270 e. The van der Waals surface area contributed by atoms with Crippen LogP contribution in [0.2, 0.25) is 0 Å². The third-order valence-corrected chi connectivity index (χ3v) is 9.27. The highest BCUT2D eigenvalue weighted by atomic mass is 32.2. The minimum atomic E-state index is -3.50. The van der Waals surface area contributed by atoms with Gasteiger partial charge in [0.25, 0.3) is 5.91 Å². The number of aromatic nitrogens is 1. The maximum absolute atomic E-state index is 13.1. The predicted octanol–water partition coefficient (Wildman–Crippen LogP) is 2.31. The van der Waals surface area contributed by atoms with Crippen molar-refractivity contribution in [3.63, 3.8) is 0 Å². The first-order valence-electron chi connectivity index (χ1n) is 12.2. The van der Waals surface area contributed by atoms with Gasteiger partial charge in [0.1, 0.15) is 11.5 Å². The number of nitrogens with zero attached hydrogens (tertiary/aromatic N) is 3. The van der Waals surface area contributed by atoms with Crippen molar-refractivity contribution in [2.45, 2.75) is 31.1 Å². The highest BCUT2D eigenvalue weighted by Gasteiger charge is 2.57. The number of fused-ring (bicyclic) bond motifs is 1. The minimum absolute atomic E-state index is 0.0215. The van der Waals surface area contributed by atoms with Crippen LogP contribution < -0.4 is 10.2 Å². The number of carbonyl (C=O) groups is 1. The van der Waals surface area contributed by atoms with Gasteiger partial charge in [-0.15, -0.1) is 0 Å². The van der Waals surface area contributed by atoms with Crippen LogP contribution in [0, 0.1) is 23.8 Å². The van der Waals surface area contributed by atoms with Crippen molar-refractivity contribution in [1.29, 1.82) is 0 Å². The SMILES string of the molecule is CC(C)(C)c1ccc(S(=O)(=O)N2CC3C(CNC(=O)c4[c]ccc(N5CCOCC5)n4)C3C2)cc1. The lowest BCUT2D eigenvalue weighted by Gasteiger charge is -2.27. The average Bonchev–Trinajstić information content (AvgIpc) is 3.29. The highest BCUT2D eigenvalue weighted by Crippen LogP contribution is 2.52. The van der Waals surface area contributed by atoms with Crippen LogP contribution in [0.4, 0.5) is 5.82 Å². The van der Waals surface area contributed by atoms with Crippen molar-refractivity contribution in [3.8, 4) is 0 Å². The van der Waals surface area contributed by atoms with E-state index in [0.717, 1.165) is 24.5 Å². The molecule has 3 fully saturated rings. The van der Waals surface area contributed by atoms with Crippen LogP contribution in [0.25, 0.3) is 0 Å². The molecule has 1 radical (unpaired) electrons. The summed E-state index contributed by atoms with van der Waals surface area (Å²) in [5.41, 5.74) is 1.37. The molecule has 1 aromatic carbocycles. The molecule has 2 aliphatic heterocycles. The Kier molecular flexibility index (Phi) is 6.35. The maximum atomic E-state index is 13.1. The molecule has 187 valence electrons. The Morgan fingerprint density at radius 1 is 1.11 bits per heavy atom. The van der Waals surface area contributed by atoms with E-state index in [9.17, 15) is 13.2 Å². The standard InChI is InChI=1S/C26H33N4O4S/c1-26(2,3)18-7-9-19(10-8-18)35(32,33)30-16-21-20(22(21)17-30)15-27-25(31)23-5-4-6-24(28-23)29-11-13-34-14-12-29/h4,6-10,20-22H,11-17H2,1-3H3,(H,27,31). The first-order chi connectivity index (χ1) is 16.6. The first kappa shape index (κ1) is 24.2. The summed E-state index contributed by atoms with van der Waals surface area (Å²) in [6.07, 6.45) is 0. The molecule has 1 amide bonds. The molecule has 0 spiro atoms. The number of ether oxygens (including phenoxy) is 1. The molecular formula is C26H33N4O4S. The van der Waals surface area contributed by atoms with Crippen molar-refractivity contribution in [2.75, 3.05) is 50.8 Å². The number of rotatable bonds is 6. The fraction of sp³-hybridized carbons (Fsp3) is 0.538. The van der Waals surface area contributed by atoms with E-state index in [1.807, 2.05) is 18.2 Å². The van der Waals surface area contributed by atoms with Gasteiger partial charge in [0.15, 0.2) is 0 Å². The van der Waals surface area contributed by atoms with Gasteiger partial charge in [0.2, 0.25) is 10.0 Å². The summed E-state index contributed by atoms with van der Waals surface area (Å²) in [6, 6.07) is 13.8. The van der Waals surface area contributed by atoms with Crippen LogP contribution in [-0.2, 0) is 20.2 Å². The zero-order chi connectivity index (χ0) is 24.8. The number of pyridine rings is 1. The monoisotopic (exact) mass is 497 g/mol. The molecular weight excluding hydrogens is 464 g/mol. The number of hydrogen-bond donors (Lipinski definition) is 1. The van der Waals surface area contributed by atoms with Crippen LogP contribution >= 0.6 is 0 Å². The third kappa shape index (κ3) is 4.94. The smallest absolute Gasteiger partial charge is 0.270 e. The van der Waals surface area contributed by atoms with E-state index < -0.39 is 10.0 Å². The lowest BCUT2D eigenvalue weighted by Crippen LogP contribution is -2.37. The summed E-state index contributed by atoms with van der Waals surface area (Å²) < 4.78 is 33.2. The first-order valence-corrected chi connectivity index (χ1v) is 13.7. The molecule has 1 N–H and O–H groups in total. The molecule has 1 aromatic heterocycles. The van der Waals surface area contributed by atoms with Crippen LogP contribution in [-0.4, -0.2) is 69.6 Å². The van der Waals surface area contributed by atoms with Crippen molar-refractivity contribution < 1.29 is 17.9 Å². The zero-order valence-electron chi connectivity index (χ0n) is 20.5. The van der Waals surface area contributed by atoms with E-state index in [-0.39, 0.29) is 28.9 Å². The fourth-order valence-electron chi connectivity index (χ4n) is 5.14. The van der Waals surface area contributed by atoms with Gasteiger partial charge in [-0.05, 0) is 53.0 Å². The highest BCUT2D eigenvalue weighted by molar-refractivity contribution is 7.89. The van der Waals surface area contributed by atoms with Gasteiger partial charge in [0.05, 0.1) is 18.1 Å². The average molecular weight is 498 g/mol. The Morgan fingerprint density at radius 2 is 1.77 bits per heavy atom. The Labute approximate surface area is 207 Å². The number of amides is 1. The number of benzene rings is 1. The van der Waals surface area contributed by atoms with Gasteiger partial charge in [-0.1, -0.05) is 32.9 Å². The number of carbonyl (C=O) groups excluding carboxylic acids is 1. The third-order valence-electron chi connectivity index (χ3n) is 7.42. The van der Waals surface area contributed by atoms with Crippen LogP contribution in [0.1, 0.15) is 36.8 Å². The van der Waals surface area contributed by atoms with E-state index in [0.29, 0.717) is 43.7 Å². The predicted molar refractivity (Wildman–Crippen MR) is 133 cm³/mol. The van der Waals surface area contributed by atoms with Gasteiger partial charge in [-0.3, -0.25) is 4.79 Å². The van der Waals surface area contributed by atoms with Gasteiger partial charge < -0.3 is 15.0 Å². The van der Waals surface area contributed by atoms with Crippen molar-refractivity contribution in [1.82, 2.24) is 14.6 Å². The zero-order valence-corrected chi connectivity index (χ0v) is 21.3. The Balaban J connectivity index is 1.14. The number of anilines is 1. The van der Waals surface area contributed by atoms with E-state index in [2.05, 4.69) is 42.0 Å². The minimum Gasteiger partial charge on any atom is -0.378 e. The summed E-state index contributed by atoms with van der Waals surface area (Å²) in [7, 11) is -3.50. The molecule has 0 bridgehead atoms. The van der Waals surface area contributed by atoms with Crippen molar-refractivity contribution in [3.05, 3.63) is 53.7 Å². The van der Waals surface area contributed by atoms with Gasteiger partial charge in [-0.2, -0.15) is 4.31 Å². The normalized spacial score (nSPS) is 24.8. The molecule has 35 heavy (non-hydrogen) atoms. The second kappa shape index (κ2) is 9.19. The Bertz CT molecular complexity index is 1170. The molecule has 2 unspecified atom stereocenters. The molecule has 1 aliphatic carbocycles. The van der Waals surface area contributed by atoms with Crippen molar-refractivity contribution in [2.24, 2.45) is 17.8 Å². The summed E-state index contributed by atoms with van der Waals surface area (Å²) in [5.74, 6) is 1.40. The van der Waals surface area contributed by atoms with E-state index >= 15 is 0 Å². The van der Waals surface area contributed by atoms with Gasteiger partial charge in [-0.25, -0.2) is 13.4 Å². The molecule has 2 aromatic rings. The molecule has 2 saturated heterocycles. The van der Waals surface area contributed by atoms with Gasteiger partial charge >= 0.3 is 0 Å². The summed E-state index contributed by atoms with van der Waals surface area (Å²) in [4.78, 5) is 19.6. The lowest BCUT2D eigenvalue weighted by molar-refractivity contribution is 0.0944. The lowest BCUT2D eigenvalue weighted by atomic mass is 9.87. The van der Waals surface area contributed by atoms with Crippen molar-refractivity contribution >= 4 is 21.7 Å². The Hall–Kier alpha value is -2.49. The van der Waals surface area contributed by atoms with Crippen LogP contribution in [0.3, 0.4) is 0 Å². The molecule has 2 atom stereocenters. The summed E-state index contributed by atoms with van der Waals surface area (Å²) in [6.45, 7) is 10.7. The fourth-order valence-corrected chi connectivity index (χ4v) is 6.66. The molecule has 1 saturated carbocycles. The molecule has 5 rings (SSSR count). The second-order valence-corrected chi connectivity index (χ2v) is 12.6. The van der Waals surface area contributed by atoms with E-state index in [1.165, 1.54) is 0 Å². The van der Waals surface area contributed by atoms with E-state index in [1.54, 1.807) is 22.5 Å². The van der Waals surface area contributed by atoms with Crippen LogP contribution in [0.5, 0.6) is 0 Å². The topological polar surface area (TPSA) is 91.8 Å². The quantitative estimate of drug-likeness (QED) is 0.659. The molecule has 9 heteroatoms. The number of morpholine rings is 1. The Morgan fingerprint density at radius 3 is 2.40 bits per heavy atom. The molecule has 3 heterocycles.